The van der Waals surface area contributed by atoms with Gasteiger partial charge in [0.2, 0.25) is 0 Å². The third-order valence-corrected chi connectivity index (χ3v) is 5.48. The molecule has 2 aromatic heterocycles. The van der Waals surface area contributed by atoms with Crippen LogP contribution < -0.4 is 9.47 Å². The second kappa shape index (κ2) is 8.80. The lowest BCUT2D eigenvalue weighted by molar-refractivity contribution is 0.0992. The highest BCUT2D eigenvalue weighted by Crippen LogP contribution is 2.28. The van der Waals surface area contributed by atoms with E-state index in [2.05, 4.69) is 15.2 Å². The van der Waals surface area contributed by atoms with E-state index in [9.17, 15) is 9.90 Å². The number of ketones is 1. The van der Waals surface area contributed by atoms with Crippen LogP contribution in [0.5, 0.6) is 11.5 Å². The Labute approximate surface area is 186 Å². The highest BCUT2D eigenvalue weighted by molar-refractivity contribution is 5.98. The maximum absolute atomic E-state index is 13.0. The van der Waals surface area contributed by atoms with Gasteiger partial charge in [0.15, 0.2) is 11.4 Å². The van der Waals surface area contributed by atoms with Crippen molar-refractivity contribution >= 4 is 16.8 Å². The van der Waals surface area contributed by atoms with Crippen molar-refractivity contribution in [2.45, 2.75) is 26.4 Å². The van der Waals surface area contributed by atoms with Gasteiger partial charge in [0.25, 0.3) is 0 Å². The molecule has 0 aliphatic carbocycles. The third-order valence-electron chi connectivity index (χ3n) is 5.48. The first-order valence-corrected chi connectivity index (χ1v) is 10.3. The van der Waals surface area contributed by atoms with E-state index < -0.39 is 6.10 Å². The van der Waals surface area contributed by atoms with Crippen LogP contribution in [0, 0.1) is 6.92 Å². The van der Waals surface area contributed by atoms with Gasteiger partial charge < -0.3 is 14.6 Å². The molecule has 164 valence electrons. The molecule has 0 fully saturated rings. The summed E-state index contributed by atoms with van der Waals surface area (Å²) in [5, 5.41) is 17.7. The maximum Gasteiger partial charge on any atom is 0.181 e. The number of aryl methyl sites for hydroxylation is 1. The minimum Gasteiger partial charge on any atom is -0.497 e. The van der Waals surface area contributed by atoms with E-state index >= 15 is 0 Å². The van der Waals surface area contributed by atoms with Gasteiger partial charge in [-0.15, -0.1) is 0 Å². The minimum absolute atomic E-state index is 0.0331. The SMILES string of the molecule is COc1cc(OC)cc(C(=O)Cc2ccc(C)c(-c3ccc4c([C@H](C)O)[nH]nc4n3)c2)c1. The molecule has 32 heavy (non-hydrogen) atoms. The van der Waals surface area contributed by atoms with Crippen LogP contribution in [-0.4, -0.2) is 40.3 Å². The number of methoxy groups -OCH3 is 2. The Hall–Kier alpha value is -3.71. The van der Waals surface area contributed by atoms with Crippen molar-refractivity contribution in [3.05, 3.63) is 70.9 Å². The topological polar surface area (TPSA) is 97.3 Å². The first kappa shape index (κ1) is 21.5. The molecule has 0 bridgehead atoms. The van der Waals surface area contributed by atoms with Gasteiger partial charge in [0.05, 0.1) is 31.7 Å². The molecular weight excluding hydrogens is 406 g/mol. The molecule has 2 aromatic carbocycles. The first-order valence-electron chi connectivity index (χ1n) is 10.3. The standard InChI is InChI=1S/C25H25N3O4/c1-14-5-6-16(10-23(30)17-11-18(31-3)13-19(12-17)32-4)9-21(14)22-8-7-20-24(15(2)29)27-28-25(20)26-22/h5-9,11-13,15,29H,10H2,1-4H3,(H,26,27,28)/t15-/m0/s1. The van der Waals surface area contributed by atoms with Crippen molar-refractivity contribution in [3.8, 4) is 22.8 Å². The molecule has 0 spiro atoms. The van der Waals surface area contributed by atoms with Gasteiger partial charge in [-0.25, -0.2) is 4.98 Å². The second-order valence-corrected chi connectivity index (χ2v) is 7.73. The number of carbonyl (C=O) groups excluding carboxylic acids is 1. The molecule has 2 heterocycles. The molecule has 0 saturated carbocycles. The van der Waals surface area contributed by atoms with Gasteiger partial charge in [-0.2, -0.15) is 5.10 Å². The van der Waals surface area contributed by atoms with E-state index in [1.807, 2.05) is 37.3 Å². The number of ether oxygens (including phenoxy) is 2. The van der Waals surface area contributed by atoms with Crippen LogP contribution >= 0.6 is 0 Å². The molecule has 0 radical (unpaired) electrons. The van der Waals surface area contributed by atoms with Gasteiger partial charge >= 0.3 is 0 Å². The number of aliphatic hydroxyl groups is 1. The van der Waals surface area contributed by atoms with Crippen molar-refractivity contribution in [3.63, 3.8) is 0 Å². The summed E-state index contributed by atoms with van der Waals surface area (Å²) in [5.41, 5.74) is 5.34. The summed E-state index contributed by atoms with van der Waals surface area (Å²) < 4.78 is 10.6. The predicted molar refractivity (Wildman–Crippen MR) is 122 cm³/mol. The normalized spacial score (nSPS) is 12.0. The minimum atomic E-state index is -0.654. The number of aromatic amines is 1. The van der Waals surface area contributed by atoms with Crippen molar-refractivity contribution in [1.29, 1.82) is 0 Å². The largest absolute Gasteiger partial charge is 0.497 e. The molecule has 4 rings (SSSR count). The number of Topliss-reactive ketones (excluding diaryl/α,β-unsaturated/α-hetero) is 1. The van der Waals surface area contributed by atoms with E-state index in [0.29, 0.717) is 28.4 Å². The van der Waals surface area contributed by atoms with Gasteiger partial charge in [-0.1, -0.05) is 12.1 Å². The van der Waals surface area contributed by atoms with E-state index in [4.69, 9.17) is 9.47 Å². The number of carbonyl (C=O) groups is 1. The number of hydrogen-bond acceptors (Lipinski definition) is 6. The number of hydrogen-bond donors (Lipinski definition) is 2. The second-order valence-electron chi connectivity index (χ2n) is 7.73. The van der Waals surface area contributed by atoms with Crippen molar-refractivity contribution in [1.82, 2.24) is 15.2 Å². The Bertz CT molecular complexity index is 1270. The summed E-state index contributed by atoms with van der Waals surface area (Å²) in [4.78, 5) is 17.6. The Kier molecular flexibility index (Phi) is 5.92. The van der Waals surface area contributed by atoms with E-state index in [1.165, 1.54) is 0 Å². The van der Waals surface area contributed by atoms with Crippen LogP contribution in [0.15, 0.2) is 48.5 Å². The monoisotopic (exact) mass is 431 g/mol. The van der Waals surface area contributed by atoms with E-state index in [0.717, 1.165) is 27.8 Å². The smallest absolute Gasteiger partial charge is 0.181 e. The third kappa shape index (κ3) is 4.20. The van der Waals surface area contributed by atoms with Gasteiger partial charge in [-0.05, 0) is 55.3 Å². The predicted octanol–water partition coefficient (Wildman–Crippen LogP) is 4.43. The molecule has 7 heteroatoms. The van der Waals surface area contributed by atoms with Crippen LogP contribution in [0.4, 0.5) is 0 Å². The number of pyridine rings is 1. The van der Waals surface area contributed by atoms with E-state index in [-0.39, 0.29) is 12.2 Å². The molecule has 2 N–H and O–H groups in total. The Morgan fingerprint density at radius 2 is 1.78 bits per heavy atom. The van der Waals surface area contributed by atoms with Gasteiger partial charge in [0.1, 0.15) is 11.5 Å². The number of fused-ring (bicyclic) bond motifs is 1. The molecule has 4 aromatic rings. The quantitative estimate of drug-likeness (QED) is 0.420. The van der Waals surface area contributed by atoms with Crippen molar-refractivity contribution in [2.75, 3.05) is 14.2 Å². The fraction of sp³-hybridized carbons (Fsp3) is 0.240. The highest BCUT2D eigenvalue weighted by Gasteiger charge is 2.15. The first-order chi connectivity index (χ1) is 15.4. The van der Waals surface area contributed by atoms with Crippen LogP contribution in [0.2, 0.25) is 0 Å². The van der Waals surface area contributed by atoms with Crippen LogP contribution in [0.3, 0.4) is 0 Å². The zero-order valence-electron chi connectivity index (χ0n) is 18.5. The summed E-state index contributed by atoms with van der Waals surface area (Å²) in [5.74, 6) is 1.12. The zero-order chi connectivity index (χ0) is 22.8. The number of aliphatic hydroxyl groups excluding tert-OH is 1. The summed E-state index contributed by atoms with van der Waals surface area (Å²) >= 11 is 0. The fourth-order valence-corrected chi connectivity index (χ4v) is 3.70. The number of rotatable bonds is 7. The van der Waals surface area contributed by atoms with Crippen molar-refractivity contribution < 1.29 is 19.4 Å². The molecule has 0 amide bonds. The van der Waals surface area contributed by atoms with E-state index in [1.54, 1.807) is 39.3 Å². The fourth-order valence-electron chi connectivity index (χ4n) is 3.70. The van der Waals surface area contributed by atoms with Crippen LogP contribution in [-0.2, 0) is 6.42 Å². The Morgan fingerprint density at radius 3 is 2.44 bits per heavy atom. The van der Waals surface area contributed by atoms with Gasteiger partial charge in [-0.3, -0.25) is 9.89 Å². The Balaban J connectivity index is 1.65. The number of benzene rings is 2. The molecule has 1 atom stereocenters. The maximum atomic E-state index is 13.0. The van der Waals surface area contributed by atoms with Crippen molar-refractivity contribution in [2.24, 2.45) is 0 Å². The lowest BCUT2D eigenvalue weighted by Crippen LogP contribution is -2.05. The Morgan fingerprint density at radius 1 is 1.06 bits per heavy atom. The number of nitrogens with zero attached hydrogens (tertiary/aromatic N) is 2. The van der Waals surface area contributed by atoms with Crippen LogP contribution in [0.25, 0.3) is 22.3 Å². The number of nitrogens with one attached hydrogen (secondary N) is 1. The average molecular weight is 431 g/mol. The average Bonchev–Trinajstić information content (AvgIpc) is 3.23. The number of H-pyrrole nitrogens is 1. The molecule has 0 unspecified atom stereocenters. The molecular formula is C25H25N3O4. The molecule has 0 aliphatic rings. The highest BCUT2D eigenvalue weighted by atomic mass is 16.5. The molecule has 0 saturated heterocycles. The molecule has 7 nitrogen and oxygen atoms in total. The van der Waals surface area contributed by atoms with Crippen LogP contribution in [0.1, 0.15) is 40.2 Å². The summed E-state index contributed by atoms with van der Waals surface area (Å²) in [6, 6.07) is 14.9. The zero-order valence-corrected chi connectivity index (χ0v) is 18.5. The summed E-state index contributed by atoms with van der Waals surface area (Å²) in [7, 11) is 3.12. The van der Waals surface area contributed by atoms with Gasteiger partial charge in [0, 0.05) is 29.0 Å². The summed E-state index contributed by atoms with van der Waals surface area (Å²) in [6.45, 7) is 3.69. The lowest BCUT2D eigenvalue weighted by Gasteiger charge is -2.10. The molecule has 0 aliphatic heterocycles. The lowest BCUT2D eigenvalue weighted by atomic mass is 9.97. The summed E-state index contributed by atoms with van der Waals surface area (Å²) in [6.07, 6.45) is -0.417. The number of aromatic nitrogens is 3.